The van der Waals surface area contributed by atoms with Crippen LogP contribution in [0.2, 0.25) is 0 Å². The van der Waals surface area contributed by atoms with Gasteiger partial charge >= 0.3 is 19.4 Å². The number of ether oxygens (including phenoxy) is 2. The molecule has 0 bridgehead atoms. The van der Waals surface area contributed by atoms with Gasteiger partial charge in [-0.1, -0.05) is 30.2 Å². The highest BCUT2D eigenvalue weighted by Crippen LogP contribution is 2.48. The maximum Gasteiger partial charge on any atom is 0.459 e. The van der Waals surface area contributed by atoms with Crippen molar-refractivity contribution in [1.29, 1.82) is 0 Å². The van der Waals surface area contributed by atoms with Gasteiger partial charge in [0.25, 0.3) is 5.56 Å². The van der Waals surface area contributed by atoms with Crippen LogP contribution in [0.5, 0.6) is 5.75 Å². The predicted octanol–water partition coefficient (Wildman–Crippen LogP) is 1.32. The molecule has 2 aromatic rings. The second kappa shape index (κ2) is 12.6. The van der Waals surface area contributed by atoms with Crippen LogP contribution >= 0.6 is 7.75 Å². The van der Waals surface area contributed by atoms with Crippen molar-refractivity contribution in [3.05, 3.63) is 73.9 Å². The summed E-state index contributed by atoms with van der Waals surface area (Å²) in [5, 5.41) is 27.3. The van der Waals surface area contributed by atoms with E-state index in [1.165, 1.54) is 19.1 Å². The van der Waals surface area contributed by atoms with Crippen molar-refractivity contribution in [2.75, 3.05) is 6.61 Å². The smallest absolute Gasteiger partial charge is 0.459 e. The second-order valence-electron chi connectivity index (χ2n) is 8.68. The van der Waals surface area contributed by atoms with E-state index in [0.29, 0.717) is 6.42 Å². The van der Waals surface area contributed by atoms with E-state index in [4.69, 9.17) is 18.5 Å². The third kappa shape index (κ3) is 7.13. The summed E-state index contributed by atoms with van der Waals surface area (Å²) in [4.78, 5) is 40.7. The summed E-state index contributed by atoms with van der Waals surface area (Å²) >= 11 is 0. The van der Waals surface area contributed by atoms with Crippen molar-refractivity contribution >= 4 is 13.7 Å². The highest BCUT2D eigenvalue weighted by molar-refractivity contribution is 7.52. The molecule has 4 N–H and O–H groups in total. The number of nitrogens with one attached hydrogen (secondary N) is 2. The third-order valence-corrected chi connectivity index (χ3v) is 7.37. The highest BCUT2D eigenvalue weighted by Gasteiger charge is 2.56. The standard InChI is InChI=1S/C22H29N6O10P/c1-4-13(2)36-20(32)14(3)25-39(34,38-15-8-6-5-7-9-15)35-12-22(26-27-23)18(31)17(30)19(37-22)28-11-10-16(29)24-21(28)33/h5-11,13-14,17-19,30-31H,4,12H2,1-3H3,(H,25,34)(H,24,29,33)/t13?,14-,17+,18-,19+,22+,39?/m0/s1. The number of hydrogen-bond acceptors (Lipinski definition) is 11. The van der Waals surface area contributed by atoms with Crippen LogP contribution in [0.3, 0.4) is 0 Å². The van der Waals surface area contributed by atoms with Crippen LogP contribution in [-0.4, -0.2) is 62.4 Å². The Balaban J connectivity index is 1.90. The summed E-state index contributed by atoms with van der Waals surface area (Å²) in [7, 11) is -4.50. The predicted molar refractivity (Wildman–Crippen MR) is 134 cm³/mol. The Morgan fingerprint density at radius 1 is 1.31 bits per heavy atom. The van der Waals surface area contributed by atoms with Gasteiger partial charge in [-0.3, -0.25) is 23.7 Å². The molecule has 1 aromatic heterocycles. The first-order valence-corrected chi connectivity index (χ1v) is 13.4. The van der Waals surface area contributed by atoms with Gasteiger partial charge in [0.1, 0.15) is 24.0 Å². The van der Waals surface area contributed by atoms with Crippen molar-refractivity contribution in [3.8, 4) is 5.75 Å². The van der Waals surface area contributed by atoms with Gasteiger partial charge in [-0.15, -0.1) is 0 Å². The fourth-order valence-corrected chi connectivity index (χ4v) is 5.00. The number of nitrogens with zero attached hydrogens (tertiary/aromatic N) is 4. The lowest BCUT2D eigenvalue weighted by atomic mass is 10.1. The minimum absolute atomic E-state index is 0.0826. The number of aliphatic hydroxyl groups excluding tert-OH is 2. The molecule has 1 aliphatic rings. The molecule has 7 atom stereocenters. The molecule has 0 aliphatic carbocycles. The van der Waals surface area contributed by atoms with Gasteiger partial charge < -0.3 is 24.2 Å². The topological polar surface area (TPSA) is 227 Å². The molecular formula is C22H29N6O10P. The lowest BCUT2D eigenvalue weighted by Gasteiger charge is -2.29. The zero-order valence-corrected chi connectivity index (χ0v) is 22.1. The van der Waals surface area contributed by atoms with Crippen molar-refractivity contribution in [1.82, 2.24) is 14.6 Å². The molecule has 212 valence electrons. The van der Waals surface area contributed by atoms with Crippen LogP contribution in [0.4, 0.5) is 0 Å². The maximum atomic E-state index is 13.8. The van der Waals surface area contributed by atoms with E-state index in [2.05, 4.69) is 15.1 Å². The summed E-state index contributed by atoms with van der Waals surface area (Å²) < 4.78 is 36.4. The Morgan fingerprint density at radius 2 is 2.00 bits per heavy atom. The molecule has 16 nitrogen and oxygen atoms in total. The van der Waals surface area contributed by atoms with Gasteiger partial charge in [0.2, 0.25) is 5.72 Å². The molecule has 3 rings (SSSR count). The molecule has 0 spiro atoms. The molecule has 0 radical (unpaired) electrons. The van der Waals surface area contributed by atoms with E-state index >= 15 is 0 Å². The van der Waals surface area contributed by atoms with Crippen molar-refractivity contribution in [3.63, 3.8) is 0 Å². The zero-order chi connectivity index (χ0) is 28.8. The maximum absolute atomic E-state index is 13.8. The molecule has 17 heteroatoms. The summed E-state index contributed by atoms with van der Waals surface area (Å²) in [6.07, 6.45) is -4.35. The molecule has 2 heterocycles. The highest BCUT2D eigenvalue weighted by atomic mass is 31.2. The van der Waals surface area contributed by atoms with E-state index in [-0.39, 0.29) is 5.75 Å². The summed E-state index contributed by atoms with van der Waals surface area (Å²) in [5.41, 5.74) is 5.06. The van der Waals surface area contributed by atoms with Crippen LogP contribution in [0.15, 0.2) is 57.3 Å². The summed E-state index contributed by atoms with van der Waals surface area (Å²) in [6, 6.07) is 7.57. The SMILES string of the molecule is CCC(C)OC(=O)[C@H](C)NP(=O)(OC[C@@]1(N=[N+]=[N-])O[C@@H](n2ccc(=O)[nH]c2=O)[C@H](O)[C@@H]1O)Oc1ccccc1. The minimum Gasteiger partial charge on any atom is -0.462 e. The average Bonchev–Trinajstić information content (AvgIpc) is 3.13. The fraction of sp³-hybridized carbons (Fsp3) is 0.500. The number of azide groups is 1. The fourth-order valence-electron chi connectivity index (χ4n) is 3.49. The minimum atomic E-state index is -4.50. The number of para-hydroxylation sites is 1. The second-order valence-corrected chi connectivity index (χ2v) is 10.4. The van der Waals surface area contributed by atoms with E-state index in [1.54, 1.807) is 25.1 Å². The van der Waals surface area contributed by atoms with Crippen molar-refractivity contribution < 1.29 is 38.1 Å². The number of aromatic nitrogens is 2. The van der Waals surface area contributed by atoms with Gasteiger partial charge in [-0.25, -0.2) is 9.36 Å². The number of H-pyrrole nitrogens is 1. The zero-order valence-electron chi connectivity index (χ0n) is 21.2. The van der Waals surface area contributed by atoms with Crippen LogP contribution in [0.1, 0.15) is 33.4 Å². The number of benzene rings is 1. The van der Waals surface area contributed by atoms with Gasteiger partial charge in [-0.05, 0) is 37.9 Å². The Bertz CT molecular complexity index is 1360. The molecule has 0 amide bonds. The number of aliphatic hydroxyl groups is 2. The lowest BCUT2D eigenvalue weighted by molar-refractivity contribution is -0.150. The Hall–Kier alpha value is -3.49. The van der Waals surface area contributed by atoms with Gasteiger partial charge in [0, 0.05) is 17.2 Å². The molecule has 2 unspecified atom stereocenters. The number of esters is 1. The molecule has 1 fully saturated rings. The summed E-state index contributed by atoms with van der Waals surface area (Å²) in [6.45, 7) is 3.89. The largest absolute Gasteiger partial charge is 0.462 e. The Kier molecular flexibility index (Phi) is 9.69. The lowest BCUT2D eigenvalue weighted by Crippen LogP contribution is -2.46. The van der Waals surface area contributed by atoms with Crippen molar-refractivity contribution in [2.45, 2.75) is 63.5 Å². The van der Waals surface area contributed by atoms with Gasteiger partial charge in [0.15, 0.2) is 6.23 Å². The number of carbonyl (C=O) groups is 1. The van der Waals surface area contributed by atoms with Crippen LogP contribution in [-0.2, 0) is 23.4 Å². The van der Waals surface area contributed by atoms with E-state index in [1.807, 2.05) is 11.9 Å². The van der Waals surface area contributed by atoms with Crippen molar-refractivity contribution in [2.24, 2.45) is 5.11 Å². The van der Waals surface area contributed by atoms with Crippen LogP contribution < -0.4 is 20.9 Å². The normalized spacial score (nSPS) is 25.6. The number of hydrogen-bond donors (Lipinski definition) is 4. The van der Waals surface area contributed by atoms with E-state index in [0.717, 1.165) is 16.8 Å². The summed E-state index contributed by atoms with van der Waals surface area (Å²) in [5.74, 6) is -0.668. The van der Waals surface area contributed by atoms with Crippen LogP contribution in [0, 0.1) is 0 Å². The number of rotatable bonds is 12. The Morgan fingerprint density at radius 3 is 2.62 bits per heavy atom. The average molecular weight is 568 g/mol. The van der Waals surface area contributed by atoms with Crippen LogP contribution in [0.25, 0.3) is 10.4 Å². The first kappa shape index (κ1) is 30.1. The molecule has 0 saturated carbocycles. The first-order chi connectivity index (χ1) is 18.4. The molecule has 39 heavy (non-hydrogen) atoms. The first-order valence-electron chi connectivity index (χ1n) is 11.8. The van der Waals surface area contributed by atoms with E-state index < -0.39 is 67.9 Å². The van der Waals surface area contributed by atoms with Gasteiger partial charge in [-0.2, -0.15) is 5.09 Å². The third-order valence-electron chi connectivity index (χ3n) is 5.75. The molecular weight excluding hydrogens is 539 g/mol. The number of aromatic amines is 1. The van der Waals surface area contributed by atoms with Gasteiger partial charge in [0.05, 0.1) is 12.7 Å². The molecule has 1 aromatic carbocycles. The Labute approximate surface area is 221 Å². The quantitative estimate of drug-likeness (QED) is 0.0938. The number of carbonyl (C=O) groups excluding carboxylic acids is 1. The van der Waals surface area contributed by atoms with E-state index in [9.17, 15) is 34.7 Å². The molecule has 1 aliphatic heterocycles. The molecule has 1 saturated heterocycles. The monoisotopic (exact) mass is 568 g/mol.